The Morgan fingerprint density at radius 3 is 2.35 bits per heavy atom. The number of ether oxygens (including phenoxy) is 3. The van der Waals surface area contributed by atoms with Crippen LogP contribution in [0, 0.1) is 0 Å². The molecular weight excluding hydrogens is 330 g/mol. The number of hydrogen-bond acceptors (Lipinski definition) is 4. The van der Waals surface area contributed by atoms with E-state index in [1.165, 1.54) is 5.56 Å². The number of rotatable bonds is 10. The summed E-state index contributed by atoms with van der Waals surface area (Å²) in [5.41, 5.74) is 1.27. The summed E-state index contributed by atoms with van der Waals surface area (Å²) in [5.74, 6) is 1.80. The summed E-state index contributed by atoms with van der Waals surface area (Å²) in [5, 5.41) is 2.85. The van der Waals surface area contributed by atoms with Gasteiger partial charge in [-0.2, -0.15) is 0 Å². The van der Waals surface area contributed by atoms with Crippen molar-refractivity contribution in [1.82, 2.24) is 5.32 Å². The van der Waals surface area contributed by atoms with Crippen LogP contribution in [0.3, 0.4) is 0 Å². The van der Waals surface area contributed by atoms with Gasteiger partial charge in [-0.3, -0.25) is 4.79 Å². The van der Waals surface area contributed by atoms with E-state index in [9.17, 15) is 4.79 Å². The fraction of sp³-hybridized carbons (Fsp3) is 0.381. The standard InChI is InChI=1S/C21H27NO4/c1-4-16-10-12-17(13-11-16)25-15-14-22-21(23)18(5-2)26-20-9-7-6-8-19(20)24-3/h6-13,18H,4-5,14-15H2,1-3H3,(H,22,23)/t18-/m0/s1. The molecule has 0 aliphatic carbocycles. The Balaban J connectivity index is 1.79. The third kappa shape index (κ3) is 5.69. The smallest absolute Gasteiger partial charge is 0.261 e. The Labute approximate surface area is 155 Å². The van der Waals surface area contributed by atoms with E-state index in [-0.39, 0.29) is 5.91 Å². The van der Waals surface area contributed by atoms with E-state index in [4.69, 9.17) is 14.2 Å². The molecule has 0 aromatic heterocycles. The quantitative estimate of drug-likeness (QED) is 0.660. The molecule has 0 radical (unpaired) electrons. The lowest BCUT2D eigenvalue weighted by Crippen LogP contribution is -2.39. The first-order valence-corrected chi connectivity index (χ1v) is 8.97. The molecule has 0 saturated carbocycles. The Hall–Kier alpha value is -2.69. The number of aryl methyl sites for hydroxylation is 1. The first-order chi connectivity index (χ1) is 12.7. The van der Waals surface area contributed by atoms with E-state index in [1.807, 2.05) is 43.3 Å². The number of carbonyl (C=O) groups is 1. The monoisotopic (exact) mass is 357 g/mol. The number of para-hydroxylation sites is 2. The lowest BCUT2D eigenvalue weighted by Gasteiger charge is -2.19. The lowest BCUT2D eigenvalue weighted by atomic mass is 10.2. The molecule has 0 heterocycles. The predicted octanol–water partition coefficient (Wildman–Crippen LogP) is 3.61. The summed E-state index contributed by atoms with van der Waals surface area (Å²) in [7, 11) is 1.58. The molecule has 0 fully saturated rings. The summed E-state index contributed by atoms with van der Waals surface area (Å²) in [6.07, 6.45) is 0.986. The highest BCUT2D eigenvalue weighted by Crippen LogP contribution is 2.27. The van der Waals surface area contributed by atoms with Crippen LogP contribution in [0.5, 0.6) is 17.2 Å². The van der Waals surface area contributed by atoms with E-state index < -0.39 is 6.10 Å². The van der Waals surface area contributed by atoms with E-state index in [0.717, 1.165) is 12.2 Å². The Bertz CT molecular complexity index is 685. The van der Waals surface area contributed by atoms with Crippen molar-refractivity contribution >= 4 is 5.91 Å². The van der Waals surface area contributed by atoms with Gasteiger partial charge in [0.05, 0.1) is 13.7 Å². The second-order valence-corrected chi connectivity index (χ2v) is 5.80. The maximum absolute atomic E-state index is 12.3. The van der Waals surface area contributed by atoms with Gasteiger partial charge in [-0.05, 0) is 42.7 Å². The van der Waals surface area contributed by atoms with Crippen LogP contribution in [-0.2, 0) is 11.2 Å². The molecule has 5 nitrogen and oxygen atoms in total. The van der Waals surface area contributed by atoms with Gasteiger partial charge in [0.25, 0.3) is 5.91 Å². The largest absolute Gasteiger partial charge is 0.493 e. The van der Waals surface area contributed by atoms with Crippen LogP contribution in [0.2, 0.25) is 0 Å². The minimum atomic E-state index is -0.574. The topological polar surface area (TPSA) is 56.8 Å². The van der Waals surface area contributed by atoms with Crippen LogP contribution < -0.4 is 19.5 Å². The first kappa shape index (κ1) is 19.6. The second-order valence-electron chi connectivity index (χ2n) is 5.80. The van der Waals surface area contributed by atoms with Gasteiger partial charge in [-0.15, -0.1) is 0 Å². The molecule has 0 bridgehead atoms. The van der Waals surface area contributed by atoms with Crippen LogP contribution >= 0.6 is 0 Å². The third-order valence-corrected chi connectivity index (χ3v) is 4.00. The highest BCUT2D eigenvalue weighted by molar-refractivity contribution is 5.81. The number of hydrogen-bond donors (Lipinski definition) is 1. The van der Waals surface area contributed by atoms with Gasteiger partial charge in [0.1, 0.15) is 12.4 Å². The summed E-state index contributed by atoms with van der Waals surface area (Å²) >= 11 is 0. The SMILES string of the molecule is CCc1ccc(OCCNC(=O)[C@H](CC)Oc2ccccc2OC)cc1. The maximum atomic E-state index is 12.3. The minimum Gasteiger partial charge on any atom is -0.493 e. The summed E-state index contributed by atoms with van der Waals surface area (Å²) < 4.78 is 16.7. The molecule has 2 aromatic carbocycles. The number of nitrogens with one attached hydrogen (secondary N) is 1. The fourth-order valence-corrected chi connectivity index (χ4v) is 2.47. The molecule has 26 heavy (non-hydrogen) atoms. The zero-order valence-electron chi connectivity index (χ0n) is 15.7. The Kier molecular flexibility index (Phi) is 7.80. The first-order valence-electron chi connectivity index (χ1n) is 8.97. The fourth-order valence-electron chi connectivity index (χ4n) is 2.47. The molecule has 1 atom stereocenters. The van der Waals surface area contributed by atoms with Crippen molar-refractivity contribution in [2.45, 2.75) is 32.8 Å². The van der Waals surface area contributed by atoms with Crippen molar-refractivity contribution in [3.63, 3.8) is 0 Å². The Morgan fingerprint density at radius 1 is 1.04 bits per heavy atom. The molecule has 0 unspecified atom stereocenters. The average Bonchev–Trinajstić information content (AvgIpc) is 2.69. The molecule has 140 valence electrons. The normalized spacial score (nSPS) is 11.5. The van der Waals surface area contributed by atoms with E-state index in [0.29, 0.717) is 31.1 Å². The number of methoxy groups -OCH3 is 1. The van der Waals surface area contributed by atoms with Gasteiger partial charge >= 0.3 is 0 Å². The molecule has 0 aliphatic rings. The summed E-state index contributed by atoms with van der Waals surface area (Å²) in [6, 6.07) is 15.3. The van der Waals surface area contributed by atoms with E-state index in [1.54, 1.807) is 19.2 Å². The van der Waals surface area contributed by atoms with Gasteiger partial charge in [0, 0.05) is 0 Å². The predicted molar refractivity (Wildman–Crippen MR) is 102 cm³/mol. The van der Waals surface area contributed by atoms with E-state index >= 15 is 0 Å². The second kappa shape index (κ2) is 10.3. The van der Waals surface area contributed by atoms with E-state index in [2.05, 4.69) is 12.2 Å². The molecule has 0 spiro atoms. The zero-order valence-corrected chi connectivity index (χ0v) is 15.7. The van der Waals surface area contributed by atoms with Crippen molar-refractivity contribution in [1.29, 1.82) is 0 Å². The van der Waals surface area contributed by atoms with Gasteiger partial charge in [0.15, 0.2) is 17.6 Å². The Morgan fingerprint density at radius 2 is 1.73 bits per heavy atom. The van der Waals surface area contributed by atoms with Crippen LogP contribution in [0.15, 0.2) is 48.5 Å². The van der Waals surface area contributed by atoms with Crippen LogP contribution in [0.4, 0.5) is 0 Å². The molecule has 2 rings (SSSR count). The highest BCUT2D eigenvalue weighted by Gasteiger charge is 2.19. The van der Waals surface area contributed by atoms with Crippen molar-refractivity contribution in [2.75, 3.05) is 20.3 Å². The summed E-state index contributed by atoms with van der Waals surface area (Å²) in [6.45, 7) is 4.84. The van der Waals surface area contributed by atoms with Crippen molar-refractivity contribution < 1.29 is 19.0 Å². The third-order valence-electron chi connectivity index (χ3n) is 4.00. The molecule has 1 amide bonds. The van der Waals surface area contributed by atoms with Crippen molar-refractivity contribution in [2.24, 2.45) is 0 Å². The maximum Gasteiger partial charge on any atom is 0.261 e. The van der Waals surface area contributed by atoms with Crippen molar-refractivity contribution in [3.8, 4) is 17.2 Å². The lowest BCUT2D eigenvalue weighted by molar-refractivity contribution is -0.128. The number of benzene rings is 2. The van der Waals surface area contributed by atoms with Crippen molar-refractivity contribution in [3.05, 3.63) is 54.1 Å². The van der Waals surface area contributed by atoms with Gasteiger partial charge in [-0.1, -0.05) is 38.1 Å². The molecule has 0 saturated heterocycles. The number of carbonyl (C=O) groups excluding carboxylic acids is 1. The van der Waals surface area contributed by atoms with Gasteiger partial charge in [0.2, 0.25) is 0 Å². The zero-order chi connectivity index (χ0) is 18.8. The molecule has 0 aliphatic heterocycles. The van der Waals surface area contributed by atoms with Gasteiger partial charge in [-0.25, -0.2) is 0 Å². The molecule has 1 N–H and O–H groups in total. The number of amides is 1. The van der Waals surface area contributed by atoms with Crippen LogP contribution in [0.1, 0.15) is 25.8 Å². The minimum absolute atomic E-state index is 0.164. The summed E-state index contributed by atoms with van der Waals surface area (Å²) in [4.78, 5) is 12.3. The van der Waals surface area contributed by atoms with Gasteiger partial charge < -0.3 is 19.5 Å². The average molecular weight is 357 g/mol. The molecule has 2 aromatic rings. The van der Waals surface area contributed by atoms with Crippen LogP contribution in [0.25, 0.3) is 0 Å². The van der Waals surface area contributed by atoms with Crippen LogP contribution in [-0.4, -0.2) is 32.3 Å². The molecular formula is C21H27NO4. The molecule has 5 heteroatoms. The highest BCUT2D eigenvalue weighted by atomic mass is 16.5.